The fourth-order valence-corrected chi connectivity index (χ4v) is 1.49. The average Bonchev–Trinajstić information content (AvgIpc) is 2.77. The normalized spacial score (nSPS) is 14.4. The summed E-state index contributed by atoms with van der Waals surface area (Å²) in [5, 5.41) is 2.94. The molecular formula is C12H21N3O. The molecule has 4 heteroatoms. The SMILES string of the molecule is CCC(C)C(C)CNC(=O)Cc1c[nH]cn1. The molecule has 1 amide bonds. The average molecular weight is 223 g/mol. The van der Waals surface area contributed by atoms with E-state index in [1.54, 1.807) is 12.5 Å². The lowest BCUT2D eigenvalue weighted by molar-refractivity contribution is -0.120. The van der Waals surface area contributed by atoms with Crippen molar-refractivity contribution in [3.05, 3.63) is 18.2 Å². The van der Waals surface area contributed by atoms with Crippen LogP contribution in [-0.4, -0.2) is 22.4 Å². The molecule has 1 heterocycles. The molecule has 0 spiro atoms. The molecular weight excluding hydrogens is 202 g/mol. The van der Waals surface area contributed by atoms with Gasteiger partial charge in [0, 0.05) is 12.7 Å². The molecule has 2 unspecified atom stereocenters. The van der Waals surface area contributed by atoms with Crippen LogP contribution < -0.4 is 5.32 Å². The molecule has 90 valence electrons. The largest absolute Gasteiger partial charge is 0.355 e. The molecule has 16 heavy (non-hydrogen) atoms. The van der Waals surface area contributed by atoms with Crippen molar-refractivity contribution in [2.45, 2.75) is 33.6 Å². The molecule has 1 aromatic heterocycles. The van der Waals surface area contributed by atoms with E-state index in [1.165, 1.54) is 0 Å². The van der Waals surface area contributed by atoms with Gasteiger partial charge in [0.25, 0.3) is 0 Å². The van der Waals surface area contributed by atoms with Gasteiger partial charge in [-0.25, -0.2) is 4.98 Å². The van der Waals surface area contributed by atoms with Crippen LogP contribution in [0.25, 0.3) is 0 Å². The van der Waals surface area contributed by atoms with E-state index in [2.05, 4.69) is 36.1 Å². The first-order valence-electron chi connectivity index (χ1n) is 5.87. The highest BCUT2D eigenvalue weighted by Crippen LogP contribution is 2.12. The number of aromatic amines is 1. The van der Waals surface area contributed by atoms with Crippen LogP contribution in [0.4, 0.5) is 0 Å². The molecule has 0 bridgehead atoms. The maximum Gasteiger partial charge on any atom is 0.226 e. The monoisotopic (exact) mass is 223 g/mol. The Kier molecular flexibility index (Phi) is 5.02. The maximum absolute atomic E-state index is 11.6. The number of imidazole rings is 1. The van der Waals surface area contributed by atoms with Crippen molar-refractivity contribution in [3.8, 4) is 0 Å². The van der Waals surface area contributed by atoms with Gasteiger partial charge < -0.3 is 10.3 Å². The molecule has 1 rings (SSSR count). The molecule has 0 saturated heterocycles. The third-order valence-corrected chi connectivity index (χ3v) is 3.13. The van der Waals surface area contributed by atoms with Gasteiger partial charge in [0.05, 0.1) is 18.4 Å². The van der Waals surface area contributed by atoms with Crippen LogP contribution in [0.1, 0.15) is 32.9 Å². The highest BCUT2D eigenvalue weighted by atomic mass is 16.1. The second-order valence-electron chi connectivity index (χ2n) is 4.40. The van der Waals surface area contributed by atoms with Gasteiger partial charge in [-0.2, -0.15) is 0 Å². The van der Waals surface area contributed by atoms with Crippen LogP contribution in [0, 0.1) is 11.8 Å². The number of hydrogen-bond acceptors (Lipinski definition) is 2. The van der Waals surface area contributed by atoms with E-state index in [-0.39, 0.29) is 5.91 Å². The number of nitrogens with zero attached hydrogens (tertiary/aromatic N) is 1. The number of nitrogens with one attached hydrogen (secondary N) is 2. The Hall–Kier alpha value is -1.32. The highest BCUT2D eigenvalue weighted by molar-refractivity contribution is 5.77. The van der Waals surface area contributed by atoms with Crippen molar-refractivity contribution >= 4 is 5.91 Å². The van der Waals surface area contributed by atoms with Gasteiger partial charge in [0.2, 0.25) is 5.91 Å². The van der Waals surface area contributed by atoms with Crippen molar-refractivity contribution in [1.29, 1.82) is 0 Å². The van der Waals surface area contributed by atoms with Gasteiger partial charge in [-0.05, 0) is 11.8 Å². The molecule has 0 aromatic carbocycles. The van der Waals surface area contributed by atoms with Crippen molar-refractivity contribution in [3.63, 3.8) is 0 Å². The van der Waals surface area contributed by atoms with Crippen LogP contribution >= 0.6 is 0 Å². The van der Waals surface area contributed by atoms with Crippen LogP contribution in [-0.2, 0) is 11.2 Å². The molecule has 0 aliphatic rings. The number of H-pyrrole nitrogens is 1. The molecule has 0 saturated carbocycles. The van der Waals surface area contributed by atoms with E-state index in [0.717, 1.165) is 18.7 Å². The number of carbonyl (C=O) groups excluding carboxylic acids is 1. The summed E-state index contributed by atoms with van der Waals surface area (Å²) < 4.78 is 0. The summed E-state index contributed by atoms with van der Waals surface area (Å²) in [6.07, 6.45) is 4.84. The first-order valence-corrected chi connectivity index (χ1v) is 5.87. The fraction of sp³-hybridized carbons (Fsp3) is 0.667. The Morgan fingerprint density at radius 2 is 2.25 bits per heavy atom. The molecule has 0 aliphatic heterocycles. The minimum Gasteiger partial charge on any atom is -0.355 e. The molecule has 0 fully saturated rings. The molecule has 2 N–H and O–H groups in total. The topological polar surface area (TPSA) is 57.8 Å². The summed E-state index contributed by atoms with van der Waals surface area (Å²) in [6.45, 7) is 7.30. The smallest absolute Gasteiger partial charge is 0.226 e. The summed E-state index contributed by atoms with van der Waals surface area (Å²) in [4.78, 5) is 18.4. The van der Waals surface area contributed by atoms with Crippen molar-refractivity contribution in [2.24, 2.45) is 11.8 Å². The van der Waals surface area contributed by atoms with Gasteiger partial charge in [-0.1, -0.05) is 27.2 Å². The number of carbonyl (C=O) groups is 1. The van der Waals surface area contributed by atoms with Gasteiger partial charge in [-0.15, -0.1) is 0 Å². The number of hydrogen-bond donors (Lipinski definition) is 2. The van der Waals surface area contributed by atoms with Gasteiger partial charge in [0.15, 0.2) is 0 Å². The standard InChI is InChI=1S/C12H21N3O/c1-4-9(2)10(3)6-14-12(16)5-11-7-13-8-15-11/h7-10H,4-6H2,1-3H3,(H,13,15)(H,14,16). The third-order valence-electron chi connectivity index (χ3n) is 3.13. The lowest BCUT2D eigenvalue weighted by Crippen LogP contribution is -2.31. The van der Waals surface area contributed by atoms with E-state index < -0.39 is 0 Å². The molecule has 1 aromatic rings. The molecule has 4 nitrogen and oxygen atoms in total. The summed E-state index contributed by atoms with van der Waals surface area (Å²) >= 11 is 0. The maximum atomic E-state index is 11.6. The second kappa shape index (κ2) is 6.30. The quantitative estimate of drug-likeness (QED) is 0.772. The van der Waals surface area contributed by atoms with Gasteiger partial charge in [-0.3, -0.25) is 4.79 Å². The zero-order valence-corrected chi connectivity index (χ0v) is 10.3. The predicted molar refractivity (Wildman–Crippen MR) is 63.9 cm³/mol. The van der Waals surface area contributed by atoms with E-state index in [0.29, 0.717) is 18.3 Å². The van der Waals surface area contributed by atoms with E-state index in [9.17, 15) is 4.79 Å². The lowest BCUT2D eigenvalue weighted by atomic mass is 9.94. The first kappa shape index (κ1) is 12.7. The number of rotatable bonds is 6. The Labute approximate surface area is 96.9 Å². The number of amides is 1. The van der Waals surface area contributed by atoms with E-state index >= 15 is 0 Å². The lowest BCUT2D eigenvalue weighted by Gasteiger charge is -2.18. The minimum absolute atomic E-state index is 0.0438. The predicted octanol–water partition coefficient (Wildman–Crippen LogP) is 1.75. The van der Waals surface area contributed by atoms with Crippen LogP contribution in [0.2, 0.25) is 0 Å². The minimum atomic E-state index is 0.0438. The second-order valence-corrected chi connectivity index (χ2v) is 4.40. The highest BCUT2D eigenvalue weighted by Gasteiger charge is 2.11. The Morgan fingerprint density at radius 1 is 1.50 bits per heavy atom. The van der Waals surface area contributed by atoms with Crippen molar-refractivity contribution < 1.29 is 4.79 Å². The summed E-state index contributed by atoms with van der Waals surface area (Å²) in [6, 6.07) is 0. The Morgan fingerprint density at radius 3 is 2.81 bits per heavy atom. The zero-order chi connectivity index (χ0) is 12.0. The fourth-order valence-electron chi connectivity index (χ4n) is 1.49. The summed E-state index contributed by atoms with van der Waals surface area (Å²) in [5.41, 5.74) is 0.786. The van der Waals surface area contributed by atoms with E-state index in [1.807, 2.05) is 0 Å². The summed E-state index contributed by atoms with van der Waals surface area (Å²) in [5.74, 6) is 1.21. The van der Waals surface area contributed by atoms with Crippen LogP contribution in [0.5, 0.6) is 0 Å². The Balaban J connectivity index is 2.25. The van der Waals surface area contributed by atoms with Gasteiger partial charge in [0.1, 0.15) is 0 Å². The summed E-state index contributed by atoms with van der Waals surface area (Å²) in [7, 11) is 0. The molecule has 0 radical (unpaired) electrons. The first-order chi connectivity index (χ1) is 7.63. The van der Waals surface area contributed by atoms with Crippen molar-refractivity contribution in [2.75, 3.05) is 6.54 Å². The van der Waals surface area contributed by atoms with Gasteiger partial charge >= 0.3 is 0 Å². The van der Waals surface area contributed by atoms with Crippen LogP contribution in [0.15, 0.2) is 12.5 Å². The molecule has 2 atom stereocenters. The Bertz CT molecular complexity index is 308. The molecule has 0 aliphatic carbocycles. The van der Waals surface area contributed by atoms with Crippen LogP contribution in [0.3, 0.4) is 0 Å². The number of aromatic nitrogens is 2. The van der Waals surface area contributed by atoms with Crippen molar-refractivity contribution in [1.82, 2.24) is 15.3 Å². The zero-order valence-electron chi connectivity index (χ0n) is 10.3. The van der Waals surface area contributed by atoms with E-state index in [4.69, 9.17) is 0 Å². The third kappa shape index (κ3) is 4.04.